The van der Waals surface area contributed by atoms with Crippen LogP contribution in [0.4, 0.5) is 16.3 Å². The van der Waals surface area contributed by atoms with E-state index in [9.17, 15) is 14.4 Å². The third kappa shape index (κ3) is 7.89. The molecule has 2 aliphatic rings. The second-order valence-electron chi connectivity index (χ2n) is 9.48. The maximum absolute atomic E-state index is 12.9. The van der Waals surface area contributed by atoms with Gasteiger partial charge < -0.3 is 24.8 Å². The number of hydrogen-bond donors (Lipinski definition) is 1. The third-order valence-corrected chi connectivity index (χ3v) is 7.93. The summed E-state index contributed by atoms with van der Waals surface area (Å²) >= 11 is 13.6. The number of ether oxygens (including phenoxy) is 1. The molecule has 0 saturated carbocycles. The molecule has 1 N–H and O–H groups in total. The number of amides is 3. The fourth-order valence-corrected chi connectivity index (χ4v) is 5.89. The van der Waals surface area contributed by atoms with Crippen molar-refractivity contribution in [2.75, 3.05) is 55.3 Å². The smallest absolute Gasteiger partial charge is 0.322 e. The molecular formula is C26H32Cl2N6O4S. The fourth-order valence-electron chi connectivity index (χ4n) is 4.71. The average molecular weight is 596 g/mol. The summed E-state index contributed by atoms with van der Waals surface area (Å²) in [5.41, 5.74) is 0.641. The number of likely N-dealkylation sites (tertiary alicyclic amines) is 1. The minimum atomic E-state index is -0.282. The summed E-state index contributed by atoms with van der Waals surface area (Å²) < 4.78 is 5.13. The molecule has 3 heterocycles. The van der Waals surface area contributed by atoms with Crippen LogP contribution in [0, 0.1) is 5.92 Å². The zero-order valence-electron chi connectivity index (χ0n) is 21.9. The van der Waals surface area contributed by atoms with Crippen LogP contribution in [-0.2, 0) is 14.3 Å². The van der Waals surface area contributed by atoms with Crippen LogP contribution in [0.15, 0.2) is 35.5 Å². The number of hydrogen-bond acceptors (Lipinski definition) is 8. The number of carbonyl (C=O) groups excluding carboxylic acids is 3. The lowest BCUT2D eigenvalue weighted by molar-refractivity contribution is -0.151. The zero-order chi connectivity index (χ0) is 27.9. The van der Waals surface area contributed by atoms with Crippen molar-refractivity contribution in [1.82, 2.24) is 19.8 Å². The van der Waals surface area contributed by atoms with Crippen molar-refractivity contribution in [2.24, 2.45) is 5.92 Å². The lowest BCUT2D eigenvalue weighted by Crippen LogP contribution is -2.55. The Kier molecular flexibility index (Phi) is 10.1. The van der Waals surface area contributed by atoms with Crippen molar-refractivity contribution in [3.63, 3.8) is 0 Å². The second-order valence-corrected chi connectivity index (χ2v) is 11.2. The van der Waals surface area contributed by atoms with E-state index in [1.54, 1.807) is 47.1 Å². The summed E-state index contributed by atoms with van der Waals surface area (Å²) in [5, 5.41) is 4.13. The molecule has 2 saturated heterocycles. The number of anilines is 2. The van der Waals surface area contributed by atoms with E-state index in [0.717, 1.165) is 12.8 Å². The van der Waals surface area contributed by atoms with Crippen molar-refractivity contribution >= 4 is 64.4 Å². The van der Waals surface area contributed by atoms with Crippen LogP contribution in [-0.4, -0.2) is 88.8 Å². The van der Waals surface area contributed by atoms with Gasteiger partial charge in [0.25, 0.3) is 0 Å². The molecule has 210 valence electrons. The van der Waals surface area contributed by atoms with Crippen LogP contribution in [0.3, 0.4) is 0 Å². The highest BCUT2D eigenvalue weighted by atomic mass is 35.5. The molecular weight excluding hydrogens is 563 g/mol. The van der Waals surface area contributed by atoms with Crippen LogP contribution in [0.2, 0.25) is 10.2 Å². The van der Waals surface area contributed by atoms with Gasteiger partial charge in [-0.3, -0.25) is 9.59 Å². The molecule has 1 aromatic heterocycles. The number of carbonyl (C=O) groups is 3. The van der Waals surface area contributed by atoms with E-state index < -0.39 is 0 Å². The summed E-state index contributed by atoms with van der Waals surface area (Å²) in [7, 11) is 0. The first-order valence-electron chi connectivity index (χ1n) is 12.9. The lowest BCUT2D eigenvalue weighted by Gasteiger charge is -2.40. The number of halogens is 2. The largest absolute Gasteiger partial charge is 0.466 e. The van der Waals surface area contributed by atoms with E-state index in [4.69, 9.17) is 27.9 Å². The first-order valence-corrected chi connectivity index (χ1v) is 14.7. The van der Waals surface area contributed by atoms with Crippen LogP contribution in [0.1, 0.15) is 26.7 Å². The average Bonchev–Trinajstić information content (AvgIpc) is 2.91. The Morgan fingerprint density at radius 3 is 2.69 bits per heavy atom. The van der Waals surface area contributed by atoms with Crippen LogP contribution < -0.4 is 10.2 Å². The molecule has 10 nitrogen and oxygen atoms in total. The standard InChI is InChI=1S/C26H32Cl2N6O4S/c1-3-38-24(36)18-6-5-9-33(15-18)23(35)16-39-25-30-21(28)13-22(31-25)32-10-11-34(17(2)14-32)26(37)29-20-8-4-7-19(27)12-20/h4,7-8,12-13,17-18H,3,5-6,9-11,14-16H2,1-2H3,(H,29,37). The SMILES string of the molecule is CCOC(=O)C1CCCN(C(=O)CSc2nc(Cl)cc(N3CCN(C(=O)Nc4cccc(Cl)c4)C(C)C3)n2)C1. The number of piperidine rings is 1. The molecule has 3 amide bonds. The molecule has 2 unspecified atom stereocenters. The minimum absolute atomic E-state index is 0.0768. The highest BCUT2D eigenvalue weighted by Crippen LogP contribution is 2.26. The lowest BCUT2D eigenvalue weighted by atomic mass is 9.98. The van der Waals surface area contributed by atoms with Gasteiger partial charge in [-0.05, 0) is 44.9 Å². The number of urea groups is 1. The molecule has 2 atom stereocenters. The molecule has 0 aliphatic carbocycles. The van der Waals surface area contributed by atoms with Gasteiger partial charge >= 0.3 is 12.0 Å². The van der Waals surface area contributed by atoms with Gasteiger partial charge in [0, 0.05) is 55.5 Å². The second kappa shape index (κ2) is 13.5. The predicted octanol–water partition coefficient (Wildman–Crippen LogP) is 4.42. The number of nitrogens with one attached hydrogen (secondary N) is 1. The Morgan fingerprint density at radius 2 is 1.95 bits per heavy atom. The van der Waals surface area contributed by atoms with E-state index in [-0.39, 0.29) is 40.8 Å². The maximum atomic E-state index is 12.9. The predicted molar refractivity (Wildman–Crippen MR) is 153 cm³/mol. The number of rotatable bonds is 7. The van der Waals surface area contributed by atoms with E-state index >= 15 is 0 Å². The van der Waals surface area contributed by atoms with Crippen LogP contribution in [0.25, 0.3) is 0 Å². The Labute approximate surface area is 242 Å². The molecule has 13 heteroatoms. The molecule has 2 aromatic rings. The topological polar surface area (TPSA) is 108 Å². The van der Waals surface area contributed by atoms with Crippen molar-refractivity contribution < 1.29 is 19.1 Å². The van der Waals surface area contributed by atoms with Gasteiger partial charge in [0.15, 0.2) is 5.16 Å². The van der Waals surface area contributed by atoms with E-state index in [1.807, 2.05) is 6.92 Å². The number of nitrogens with zero attached hydrogens (tertiary/aromatic N) is 5. The van der Waals surface area contributed by atoms with Crippen molar-refractivity contribution in [3.8, 4) is 0 Å². The first-order chi connectivity index (χ1) is 18.7. The summed E-state index contributed by atoms with van der Waals surface area (Å²) in [6, 6.07) is 8.45. The Morgan fingerprint density at radius 1 is 1.13 bits per heavy atom. The zero-order valence-corrected chi connectivity index (χ0v) is 24.3. The van der Waals surface area contributed by atoms with Gasteiger partial charge in [-0.25, -0.2) is 14.8 Å². The van der Waals surface area contributed by atoms with Crippen molar-refractivity contribution in [1.29, 1.82) is 0 Å². The minimum Gasteiger partial charge on any atom is -0.466 e. The Balaban J connectivity index is 1.32. The normalized spacial score (nSPS) is 19.5. The number of piperazine rings is 1. The van der Waals surface area contributed by atoms with Gasteiger partial charge in [0.2, 0.25) is 5.91 Å². The molecule has 0 radical (unpaired) electrons. The third-order valence-electron chi connectivity index (χ3n) is 6.67. The van der Waals surface area contributed by atoms with Gasteiger partial charge in [0.05, 0.1) is 18.3 Å². The Hall–Kier alpha value is -2.76. The van der Waals surface area contributed by atoms with E-state index in [1.165, 1.54) is 11.8 Å². The van der Waals surface area contributed by atoms with Crippen molar-refractivity contribution in [3.05, 3.63) is 40.5 Å². The fraction of sp³-hybridized carbons (Fsp3) is 0.500. The molecule has 1 aromatic carbocycles. The summed E-state index contributed by atoms with van der Waals surface area (Å²) in [6.07, 6.45) is 1.49. The summed E-state index contributed by atoms with van der Waals surface area (Å²) in [6.45, 7) is 6.68. The molecule has 0 spiro atoms. The number of benzene rings is 1. The highest BCUT2D eigenvalue weighted by molar-refractivity contribution is 7.99. The monoisotopic (exact) mass is 594 g/mol. The first kappa shape index (κ1) is 29.2. The van der Waals surface area contributed by atoms with E-state index in [0.29, 0.717) is 61.0 Å². The number of aromatic nitrogens is 2. The molecule has 0 bridgehead atoms. The van der Waals surface area contributed by atoms with Crippen LogP contribution in [0.5, 0.6) is 0 Å². The molecule has 2 aliphatic heterocycles. The van der Waals surface area contributed by atoms with Gasteiger partial charge in [-0.2, -0.15) is 0 Å². The summed E-state index contributed by atoms with van der Waals surface area (Å²) in [4.78, 5) is 52.3. The van der Waals surface area contributed by atoms with Crippen molar-refractivity contribution in [2.45, 2.75) is 37.9 Å². The quantitative estimate of drug-likeness (QED) is 0.217. The molecule has 2 fully saturated rings. The molecule has 4 rings (SSSR count). The number of thioether (sulfide) groups is 1. The Bertz CT molecular complexity index is 1200. The van der Waals surface area contributed by atoms with Gasteiger partial charge in [0.1, 0.15) is 11.0 Å². The number of esters is 1. The molecule has 39 heavy (non-hydrogen) atoms. The van der Waals surface area contributed by atoms with Crippen LogP contribution >= 0.6 is 35.0 Å². The van der Waals surface area contributed by atoms with E-state index in [2.05, 4.69) is 20.2 Å². The maximum Gasteiger partial charge on any atom is 0.322 e. The van der Waals surface area contributed by atoms with Gasteiger partial charge in [-0.1, -0.05) is 41.0 Å². The van der Waals surface area contributed by atoms with Gasteiger partial charge in [-0.15, -0.1) is 0 Å². The summed E-state index contributed by atoms with van der Waals surface area (Å²) in [5.74, 6) is 0.180. The highest BCUT2D eigenvalue weighted by Gasteiger charge is 2.30.